The number of carbonyl (C=O) groups excluding carboxylic acids is 1. The lowest BCUT2D eigenvalue weighted by molar-refractivity contribution is -0.145. The van der Waals surface area contributed by atoms with E-state index in [-0.39, 0.29) is 10.2 Å². The molecular weight excluding hydrogens is 394 g/mol. The van der Waals surface area contributed by atoms with Gasteiger partial charge in [0, 0.05) is 0 Å². The molecule has 1 aromatic rings. The summed E-state index contributed by atoms with van der Waals surface area (Å²) in [6, 6.07) is 4.32. The highest BCUT2D eigenvalue weighted by atomic mass is 32.2. The van der Waals surface area contributed by atoms with Crippen LogP contribution in [-0.2, 0) is 9.59 Å². The Bertz CT molecular complexity index is 750. The van der Waals surface area contributed by atoms with Gasteiger partial charge in [0.25, 0.3) is 5.91 Å². The average molecular weight is 414 g/mol. The summed E-state index contributed by atoms with van der Waals surface area (Å²) in [5, 5.41) is 9.48. The molecule has 0 saturated carbocycles. The maximum absolute atomic E-state index is 12.7. The van der Waals surface area contributed by atoms with Crippen molar-refractivity contribution in [3.8, 4) is 11.5 Å². The predicted octanol–water partition coefficient (Wildman–Crippen LogP) is 3.11. The highest BCUT2D eigenvalue weighted by Crippen LogP contribution is 2.36. The van der Waals surface area contributed by atoms with Gasteiger partial charge < -0.3 is 14.6 Å². The molecule has 1 atom stereocenters. The van der Waals surface area contributed by atoms with E-state index in [0.717, 1.165) is 17.3 Å². The predicted molar refractivity (Wildman–Crippen MR) is 109 cm³/mol. The second-order valence-corrected chi connectivity index (χ2v) is 7.96. The van der Waals surface area contributed by atoms with E-state index in [4.69, 9.17) is 21.7 Å². The zero-order chi connectivity index (χ0) is 19.3. The van der Waals surface area contributed by atoms with Crippen molar-refractivity contribution in [2.75, 3.05) is 26.2 Å². The number of rotatable bonds is 8. The lowest BCUT2D eigenvalue weighted by Gasteiger charge is -2.22. The molecule has 6 nitrogen and oxygen atoms in total. The topological polar surface area (TPSA) is 76.1 Å². The van der Waals surface area contributed by atoms with Gasteiger partial charge in [0.05, 0.1) is 19.1 Å². The third-order valence-corrected chi connectivity index (χ3v) is 5.70. The fraction of sp³-hybridized carbons (Fsp3) is 0.353. The molecule has 0 radical (unpaired) electrons. The van der Waals surface area contributed by atoms with Gasteiger partial charge in [-0.1, -0.05) is 30.0 Å². The van der Waals surface area contributed by atoms with Crippen molar-refractivity contribution in [2.45, 2.75) is 12.5 Å². The van der Waals surface area contributed by atoms with E-state index in [0.29, 0.717) is 28.6 Å². The quantitative estimate of drug-likeness (QED) is 0.515. The van der Waals surface area contributed by atoms with Crippen molar-refractivity contribution >= 4 is 58.0 Å². The van der Waals surface area contributed by atoms with E-state index in [2.05, 4.69) is 0 Å². The van der Waals surface area contributed by atoms with Gasteiger partial charge in [0.2, 0.25) is 0 Å². The molecule has 1 fully saturated rings. The molecule has 0 bridgehead atoms. The number of carbonyl (C=O) groups is 2. The number of thiocarbonyl (C=S) groups is 1. The summed E-state index contributed by atoms with van der Waals surface area (Å²) in [4.78, 5) is 25.9. The highest BCUT2D eigenvalue weighted by molar-refractivity contribution is 8.26. The summed E-state index contributed by atoms with van der Waals surface area (Å²) in [5.74, 6) is 0.314. The van der Waals surface area contributed by atoms with Crippen molar-refractivity contribution in [1.82, 2.24) is 4.90 Å². The Hall–Kier alpha value is -1.71. The fourth-order valence-electron chi connectivity index (χ4n) is 2.43. The van der Waals surface area contributed by atoms with Crippen molar-refractivity contribution in [3.05, 3.63) is 28.7 Å². The van der Waals surface area contributed by atoms with E-state index in [9.17, 15) is 14.7 Å². The molecule has 26 heavy (non-hydrogen) atoms. The minimum absolute atomic E-state index is 0.259. The van der Waals surface area contributed by atoms with Gasteiger partial charge in [-0.15, -0.1) is 0 Å². The minimum Gasteiger partial charge on any atom is -0.493 e. The molecule has 0 spiro atoms. The molecule has 0 aromatic heterocycles. The number of benzene rings is 1. The molecule has 1 aromatic carbocycles. The molecular formula is C17H19NO5S3. The third kappa shape index (κ3) is 4.52. The Labute approximate surface area is 165 Å². The summed E-state index contributed by atoms with van der Waals surface area (Å²) in [6.45, 7) is 0. The Kier molecular flexibility index (Phi) is 7.36. The molecule has 1 heterocycles. The summed E-state index contributed by atoms with van der Waals surface area (Å²) in [7, 11) is 3.08. The van der Waals surface area contributed by atoms with Crippen LogP contribution >= 0.6 is 35.7 Å². The first-order chi connectivity index (χ1) is 12.4. The zero-order valence-electron chi connectivity index (χ0n) is 14.6. The monoisotopic (exact) mass is 413 g/mol. The number of hydrogen-bond acceptors (Lipinski definition) is 7. The van der Waals surface area contributed by atoms with Crippen LogP contribution in [0.25, 0.3) is 6.08 Å². The molecule has 1 N–H and O–H groups in total. The first-order valence-corrected chi connectivity index (χ1v) is 10.3. The molecule has 2 rings (SSSR count). The minimum atomic E-state index is -1.05. The van der Waals surface area contributed by atoms with E-state index >= 15 is 0 Å². The lowest BCUT2D eigenvalue weighted by atomic mass is 10.1. The summed E-state index contributed by atoms with van der Waals surface area (Å²) in [6.07, 6.45) is 3.90. The number of aliphatic carboxylic acids is 1. The van der Waals surface area contributed by atoms with E-state index in [1.165, 1.54) is 23.8 Å². The number of methoxy groups -OCH3 is 2. The van der Waals surface area contributed by atoms with Gasteiger partial charge in [-0.2, -0.15) is 11.8 Å². The average Bonchev–Trinajstić information content (AvgIpc) is 2.89. The smallest absolute Gasteiger partial charge is 0.326 e. The Balaban J connectivity index is 2.29. The number of ether oxygens (including phenoxy) is 2. The standard InChI is InChI=1S/C17H19NO5S3/c1-22-12-5-4-10(8-13(12)23-2)9-14-15(19)18(17(24)26-14)11(16(20)21)6-7-25-3/h4-5,8-9,11H,6-7H2,1-3H3,(H,20,21)/b14-9+/t11-/m1/s1. The number of carboxylic acid groups (broad SMARTS) is 1. The van der Waals surface area contributed by atoms with Crippen LogP contribution in [0, 0.1) is 0 Å². The van der Waals surface area contributed by atoms with Crippen molar-refractivity contribution in [1.29, 1.82) is 0 Å². The SMILES string of the molecule is COc1ccc(/C=C2/SC(=S)N([C@H](CCSC)C(=O)O)C2=O)cc1OC. The molecule has 1 saturated heterocycles. The number of hydrogen-bond donors (Lipinski definition) is 1. The van der Waals surface area contributed by atoms with Gasteiger partial charge in [0.15, 0.2) is 11.5 Å². The summed E-state index contributed by atoms with van der Waals surface area (Å²) < 4.78 is 10.7. The number of nitrogens with zero attached hydrogens (tertiary/aromatic N) is 1. The molecule has 1 aliphatic heterocycles. The van der Waals surface area contributed by atoms with Crippen molar-refractivity contribution < 1.29 is 24.2 Å². The molecule has 0 unspecified atom stereocenters. The first-order valence-electron chi connectivity index (χ1n) is 7.63. The van der Waals surface area contributed by atoms with Gasteiger partial charge >= 0.3 is 5.97 Å². The van der Waals surface area contributed by atoms with Gasteiger partial charge in [-0.25, -0.2) is 4.79 Å². The molecule has 1 amide bonds. The lowest BCUT2D eigenvalue weighted by Crippen LogP contribution is -2.44. The molecule has 0 aliphatic carbocycles. The maximum atomic E-state index is 12.7. The van der Waals surface area contributed by atoms with E-state index in [1.807, 2.05) is 6.26 Å². The van der Waals surface area contributed by atoms with E-state index in [1.54, 1.807) is 31.4 Å². The van der Waals surface area contributed by atoms with Gasteiger partial charge in [0.1, 0.15) is 10.4 Å². The van der Waals surface area contributed by atoms with Gasteiger partial charge in [-0.3, -0.25) is 9.69 Å². The highest BCUT2D eigenvalue weighted by Gasteiger charge is 2.40. The second kappa shape index (κ2) is 9.29. The van der Waals surface area contributed by atoms with Crippen LogP contribution < -0.4 is 9.47 Å². The van der Waals surface area contributed by atoms with Crippen LogP contribution in [0.15, 0.2) is 23.1 Å². The van der Waals surface area contributed by atoms with Gasteiger partial charge in [-0.05, 0) is 42.2 Å². The van der Waals surface area contributed by atoms with Crippen LogP contribution in [0.5, 0.6) is 11.5 Å². The third-order valence-electron chi connectivity index (χ3n) is 3.72. The van der Waals surface area contributed by atoms with Crippen molar-refractivity contribution in [3.63, 3.8) is 0 Å². The van der Waals surface area contributed by atoms with Crippen LogP contribution in [0.3, 0.4) is 0 Å². The number of carboxylic acids is 1. The Morgan fingerprint density at radius 1 is 1.38 bits per heavy atom. The molecule has 1 aliphatic rings. The van der Waals surface area contributed by atoms with Crippen LogP contribution in [0.4, 0.5) is 0 Å². The summed E-state index contributed by atoms with van der Waals surface area (Å²) in [5.41, 5.74) is 0.735. The maximum Gasteiger partial charge on any atom is 0.326 e. The number of thioether (sulfide) groups is 2. The normalized spacial score (nSPS) is 16.9. The summed E-state index contributed by atoms with van der Waals surface area (Å²) >= 11 is 7.89. The zero-order valence-corrected chi connectivity index (χ0v) is 17.0. The van der Waals surface area contributed by atoms with E-state index < -0.39 is 12.0 Å². The Morgan fingerprint density at radius 3 is 2.65 bits per heavy atom. The largest absolute Gasteiger partial charge is 0.493 e. The first kappa shape index (κ1) is 20.6. The second-order valence-electron chi connectivity index (χ2n) is 5.30. The Morgan fingerprint density at radius 2 is 2.08 bits per heavy atom. The fourth-order valence-corrected chi connectivity index (χ4v) is 4.25. The molecule has 9 heteroatoms. The van der Waals surface area contributed by atoms with Crippen LogP contribution in [-0.4, -0.2) is 58.5 Å². The van der Waals surface area contributed by atoms with Crippen LogP contribution in [0.2, 0.25) is 0 Å². The van der Waals surface area contributed by atoms with Crippen LogP contribution in [0.1, 0.15) is 12.0 Å². The van der Waals surface area contributed by atoms with Crippen molar-refractivity contribution in [2.24, 2.45) is 0 Å². The molecule has 140 valence electrons. The number of amides is 1.